The summed E-state index contributed by atoms with van der Waals surface area (Å²) >= 11 is 0. The van der Waals surface area contributed by atoms with Crippen molar-refractivity contribution in [3.8, 4) is 23.3 Å². The van der Waals surface area contributed by atoms with E-state index in [1.165, 1.54) is 0 Å². The Kier molecular flexibility index (Phi) is 5.48. The van der Waals surface area contributed by atoms with E-state index in [1.54, 1.807) is 0 Å². The molecule has 2 aromatic carbocycles. The molecule has 0 aliphatic heterocycles. The first-order valence-electron chi connectivity index (χ1n) is 6.71. The number of unbranched alkanes of at least 4 members (excludes halogenated alkanes) is 2. The van der Waals surface area contributed by atoms with Crippen molar-refractivity contribution >= 4 is 0 Å². The van der Waals surface area contributed by atoms with Crippen molar-refractivity contribution in [1.82, 2.24) is 0 Å². The van der Waals surface area contributed by atoms with Gasteiger partial charge < -0.3 is 9.47 Å². The number of nitrogens with zero attached hydrogens (tertiary/aromatic N) is 1. The predicted molar refractivity (Wildman–Crippen MR) is 77.9 cm³/mol. The molecule has 0 amide bonds. The third kappa shape index (κ3) is 4.66. The van der Waals surface area contributed by atoms with E-state index in [0.29, 0.717) is 13.0 Å². The zero-order valence-electron chi connectivity index (χ0n) is 11.3. The number of hydrogen-bond donors (Lipinski definition) is 0. The molecule has 20 heavy (non-hydrogen) atoms. The Morgan fingerprint density at radius 2 is 1.45 bits per heavy atom. The van der Waals surface area contributed by atoms with E-state index >= 15 is 0 Å². The van der Waals surface area contributed by atoms with Gasteiger partial charge in [-0.1, -0.05) is 18.2 Å². The Labute approximate surface area is 119 Å². The number of benzene rings is 2. The molecule has 0 aliphatic rings. The van der Waals surface area contributed by atoms with Crippen LogP contribution in [0.15, 0.2) is 54.6 Å². The maximum absolute atomic E-state index is 8.43. The molecule has 0 saturated carbocycles. The van der Waals surface area contributed by atoms with Crippen molar-refractivity contribution in [3.05, 3.63) is 54.6 Å². The maximum Gasteiger partial charge on any atom is 0.127 e. The summed E-state index contributed by atoms with van der Waals surface area (Å²) in [6, 6.07) is 19.3. The number of hydrogen-bond acceptors (Lipinski definition) is 3. The summed E-state index contributed by atoms with van der Waals surface area (Å²) in [5.74, 6) is 2.42. The summed E-state index contributed by atoms with van der Waals surface area (Å²) in [5, 5.41) is 8.43. The van der Waals surface area contributed by atoms with E-state index < -0.39 is 0 Å². The van der Waals surface area contributed by atoms with Gasteiger partial charge in [0.2, 0.25) is 0 Å². The van der Waals surface area contributed by atoms with Crippen LogP contribution in [0.1, 0.15) is 19.3 Å². The van der Waals surface area contributed by atoms with Crippen LogP contribution in [0.2, 0.25) is 0 Å². The molecule has 2 rings (SSSR count). The van der Waals surface area contributed by atoms with Crippen molar-refractivity contribution in [1.29, 1.82) is 5.26 Å². The van der Waals surface area contributed by atoms with Gasteiger partial charge in [-0.15, -0.1) is 0 Å². The Bertz CT molecular complexity index is 543. The number of rotatable bonds is 7. The number of para-hydroxylation sites is 1. The first-order valence-corrected chi connectivity index (χ1v) is 6.71. The molecule has 0 heterocycles. The monoisotopic (exact) mass is 267 g/mol. The van der Waals surface area contributed by atoms with Crippen LogP contribution in [-0.2, 0) is 0 Å². The molecule has 0 atom stereocenters. The summed E-state index contributed by atoms with van der Waals surface area (Å²) in [4.78, 5) is 0. The third-order valence-corrected chi connectivity index (χ3v) is 2.75. The van der Waals surface area contributed by atoms with Gasteiger partial charge in [0.1, 0.15) is 17.2 Å². The van der Waals surface area contributed by atoms with E-state index in [9.17, 15) is 0 Å². The highest BCUT2D eigenvalue weighted by Gasteiger charge is 1.98. The molecule has 0 spiro atoms. The third-order valence-electron chi connectivity index (χ3n) is 2.75. The van der Waals surface area contributed by atoms with Gasteiger partial charge in [-0.2, -0.15) is 5.26 Å². The smallest absolute Gasteiger partial charge is 0.127 e. The fourth-order valence-electron chi connectivity index (χ4n) is 1.72. The second-order valence-electron chi connectivity index (χ2n) is 4.35. The molecule has 0 aliphatic carbocycles. The molecular weight excluding hydrogens is 250 g/mol. The normalized spacial score (nSPS) is 9.75. The molecule has 0 saturated heterocycles. The van der Waals surface area contributed by atoms with Gasteiger partial charge in [-0.25, -0.2) is 0 Å². The fourth-order valence-corrected chi connectivity index (χ4v) is 1.72. The van der Waals surface area contributed by atoms with Crippen LogP contribution in [0, 0.1) is 11.3 Å². The minimum Gasteiger partial charge on any atom is -0.494 e. The lowest BCUT2D eigenvalue weighted by Crippen LogP contribution is -1.96. The molecular formula is C17H17NO2. The minimum atomic E-state index is 0.590. The molecule has 0 unspecified atom stereocenters. The van der Waals surface area contributed by atoms with Gasteiger partial charge in [-0.3, -0.25) is 0 Å². The fraction of sp³-hybridized carbons (Fsp3) is 0.235. The Hall–Kier alpha value is -2.47. The Balaban J connectivity index is 1.79. The van der Waals surface area contributed by atoms with Gasteiger partial charge in [0.25, 0.3) is 0 Å². The first-order chi connectivity index (χ1) is 9.88. The molecule has 0 fully saturated rings. The van der Waals surface area contributed by atoms with Crippen LogP contribution in [0.5, 0.6) is 17.2 Å². The largest absolute Gasteiger partial charge is 0.494 e. The molecule has 3 nitrogen and oxygen atoms in total. The van der Waals surface area contributed by atoms with Gasteiger partial charge in [0.15, 0.2) is 0 Å². The lowest BCUT2D eigenvalue weighted by molar-refractivity contribution is 0.307. The quantitative estimate of drug-likeness (QED) is 0.691. The zero-order chi connectivity index (χ0) is 14.0. The molecule has 0 bridgehead atoms. The van der Waals surface area contributed by atoms with E-state index in [0.717, 1.165) is 30.1 Å². The highest BCUT2D eigenvalue weighted by Crippen LogP contribution is 2.23. The van der Waals surface area contributed by atoms with E-state index in [4.69, 9.17) is 14.7 Å². The first kappa shape index (κ1) is 14.0. The molecule has 0 N–H and O–H groups in total. The van der Waals surface area contributed by atoms with Crippen LogP contribution < -0.4 is 9.47 Å². The predicted octanol–water partition coefficient (Wildman–Crippen LogP) is 4.55. The van der Waals surface area contributed by atoms with Gasteiger partial charge in [0.05, 0.1) is 12.7 Å². The summed E-state index contributed by atoms with van der Waals surface area (Å²) < 4.78 is 11.3. The second-order valence-corrected chi connectivity index (χ2v) is 4.35. The average Bonchev–Trinajstić information content (AvgIpc) is 2.50. The molecule has 3 heteroatoms. The number of ether oxygens (including phenoxy) is 2. The van der Waals surface area contributed by atoms with E-state index in [2.05, 4.69) is 6.07 Å². The summed E-state index contributed by atoms with van der Waals surface area (Å²) in [6.45, 7) is 0.639. The van der Waals surface area contributed by atoms with Crippen LogP contribution in [0.4, 0.5) is 0 Å². The van der Waals surface area contributed by atoms with Gasteiger partial charge in [0, 0.05) is 6.42 Å². The summed E-state index contributed by atoms with van der Waals surface area (Å²) in [6.07, 6.45) is 2.37. The summed E-state index contributed by atoms with van der Waals surface area (Å²) in [7, 11) is 0. The highest BCUT2D eigenvalue weighted by molar-refractivity contribution is 5.35. The van der Waals surface area contributed by atoms with E-state index in [-0.39, 0.29) is 0 Å². The van der Waals surface area contributed by atoms with Crippen molar-refractivity contribution < 1.29 is 9.47 Å². The van der Waals surface area contributed by atoms with Crippen molar-refractivity contribution in [2.75, 3.05) is 6.61 Å². The highest BCUT2D eigenvalue weighted by atomic mass is 16.5. The lowest BCUT2D eigenvalue weighted by Gasteiger charge is -2.08. The maximum atomic E-state index is 8.43. The van der Waals surface area contributed by atoms with E-state index in [1.807, 2.05) is 54.6 Å². The zero-order valence-corrected chi connectivity index (χ0v) is 11.3. The molecule has 0 radical (unpaired) electrons. The molecule has 102 valence electrons. The van der Waals surface area contributed by atoms with Crippen LogP contribution >= 0.6 is 0 Å². The van der Waals surface area contributed by atoms with Crippen LogP contribution in [0.3, 0.4) is 0 Å². The Morgan fingerprint density at radius 1 is 0.800 bits per heavy atom. The standard InChI is InChI=1S/C17H17NO2/c18-13-5-2-6-14-19-15-9-11-17(12-10-15)20-16-7-3-1-4-8-16/h1,3-4,7-12H,2,5-6,14H2. The minimum absolute atomic E-state index is 0.590. The number of nitriles is 1. The van der Waals surface area contributed by atoms with Gasteiger partial charge >= 0.3 is 0 Å². The van der Waals surface area contributed by atoms with Crippen LogP contribution in [0.25, 0.3) is 0 Å². The van der Waals surface area contributed by atoms with Crippen molar-refractivity contribution in [3.63, 3.8) is 0 Å². The Morgan fingerprint density at radius 3 is 2.15 bits per heavy atom. The SMILES string of the molecule is N#CCCCCOc1ccc(Oc2ccccc2)cc1. The molecule has 2 aromatic rings. The van der Waals surface area contributed by atoms with Crippen molar-refractivity contribution in [2.24, 2.45) is 0 Å². The summed E-state index contributed by atoms with van der Waals surface area (Å²) in [5.41, 5.74) is 0. The van der Waals surface area contributed by atoms with Crippen molar-refractivity contribution in [2.45, 2.75) is 19.3 Å². The second kappa shape index (κ2) is 7.85. The van der Waals surface area contributed by atoms with Crippen LogP contribution in [-0.4, -0.2) is 6.61 Å². The lowest BCUT2D eigenvalue weighted by atomic mass is 10.2. The topological polar surface area (TPSA) is 42.2 Å². The van der Waals surface area contributed by atoms with Gasteiger partial charge in [-0.05, 0) is 49.2 Å². The molecule has 0 aromatic heterocycles. The average molecular weight is 267 g/mol.